The van der Waals surface area contributed by atoms with Gasteiger partial charge in [-0.05, 0) is 49.9 Å². The molecule has 0 aliphatic rings. The van der Waals surface area contributed by atoms with Gasteiger partial charge in [-0.1, -0.05) is 6.07 Å². The van der Waals surface area contributed by atoms with E-state index in [2.05, 4.69) is 10.4 Å². The molecule has 0 radical (unpaired) electrons. The van der Waals surface area contributed by atoms with E-state index < -0.39 is 0 Å². The molecular formula is C23H24N4O3S. The number of ether oxygens (including phenoxy) is 2. The number of hydrogen-bond acceptors (Lipinski definition) is 6. The largest absolute Gasteiger partial charge is 0.493 e. The Balaban J connectivity index is 1.81. The minimum Gasteiger partial charge on any atom is -0.493 e. The van der Waals surface area contributed by atoms with Gasteiger partial charge >= 0.3 is 0 Å². The zero-order valence-corrected chi connectivity index (χ0v) is 18.9. The number of aryl methyl sites for hydroxylation is 1. The molecule has 0 saturated heterocycles. The van der Waals surface area contributed by atoms with Gasteiger partial charge in [-0.2, -0.15) is 5.10 Å². The van der Waals surface area contributed by atoms with Gasteiger partial charge in [-0.25, -0.2) is 9.67 Å². The van der Waals surface area contributed by atoms with Crippen LogP contribution in [0.3, 0.4) is 0 Å². The van der Waals surface area contributed by atoms with Crippen molar-refractivity contribution in [1.82, 2.24) is 14.8 Å². The van der Waals surface area contributed by atoms with Crippen LogP contribution in [-0.2, 0) is 0 Å². The molecule has 0 saturated carbocycles. The van der Waals surface area contributed by atoms with Gasteiger partial charge in [0.2, 0.25) is 0 Å². The molecule has 8 heteroatoms. The van der Waals surface area contributed by atoms with E-state index in [4.69, 9.17) is 14.5 Å². The number of amides is 1. The molecule has 1 aromatic carbocycles. The standard InChI is InChI=1S/C23H24N4O3S/c1-13(2)27-22-16(12-24-27)15(10-18(25-22)21-7-6-8-31-21)23(28)26-17-11-20(30-5)19(29-4)9-14(17)3/h6-13H,1-5H3,(H,26,28). The third-order valence-electron chi connectivity index (χ3n) is 5.05. The molecule has 0 spiro atoms. The number of carbonyl (C=O) groups is 1. The van der Waals surface area contributed by atoms with E-state index in [0.29, 0.717) is 33.8 Å². The van der Waals surface area contributed by atoms with Crippen LogP contribution in [0.4, 0.5) is 5.69 Å². The van der Waals surface area contributed by atoms with Gasteiger partial charge in [-0.15, -0.1) is 11.3 Å². The van der Waals surface area contributed by atoms with E-state index in [1.807, 2.05) is 55.1 Å². The van der Waals surface area contributed by atoms with Gasteiger partial charge in [0.05, 0.1) is 41.9 Å². The van der Waals surface area contributed by atoms with E-state index >= 15 is 0 Å². The number of nitrogens with one attached hydrogen (secondary N) is 1. The highest BCUT2D eigenvalue weighted by Crippen LogP contribution is 2.34. The highest BCUT2D eigenvalue weighted by Gasteiger charge is 2.20. The van der Waals surface area contributed by atoms with Gasteiger partial charge in [0.25, 0.3) is 5.91 Å². The zero-order chi connectivity index (χ0) is 22.1. The topological polar surface area (TPSA) is 78.3 Å². The summed E-state index contributed by atoms with van der Waals surface area (Å²) in [6, 6.07) is 9.51. The molecular weight excluding hydrogens is 412 g/mol. The van der Waals surface area contributed by atoms with Crippen LogP contribution in [0.5, 0.6) is 11.5 Å². The number of anilines is 1. The van der Waals surface area contributed by atoms with E-state index in [1.165, 1.54) is 0 Å². The fourth-order valence-electron chi connectivity index (χ4n) is 3.44. The number of fused-ring (bicyclic) bond motifs is 1. The summed E-state index contributed by atoms with van der Waals surface area (Å²) in [5.74, 6) is 0.932. The quantitative estimate of drug-likeness (QED) is 0.443. The molecule has 0 aliphatic heterocycles. The first kappa shape index (κ1) is 20.9. The molecule has 0 atom stereocenters. The Morgan fingerprint density at radius 3 is 2.55 bits per heavy atom. The summed E-state index contributed by atoms with van der Waals surface area (Å²) in [7, 11) is 3.15. The smallest absolute Gasteiger partial charge is 0.256 e. The number of pyridine rings is 1. The summed E-state index contributed by atoms with van der Waals surface area (Å²) in [6.07, 6.45) is 1.71. The minimum atomic E-state index is -0.233. The number of thiophene rings is 1. The normalized spacial score (nSPS) is 11.2. The predicted octanol–water partition coefficient (Wildman–Crippen LogP) is 5.32. The van der Waals surface area contributed by atoms with Crippen molar-refractivity contribution in [3.05, 3.63) is 53.0 Å². The van der Waals surface area contributed by atoms with Gasteiger partial charge in [-0.3, -0.25) is 4.79 Å². The summed E-state index contributed by atoms with van der Waals surface area (Å²) in [5.41, 5.74) is 3.48. The number of methoxy groups -OCH3 is 2. The van der Waals surface area contributed by atoms with Crippen molar-refractivity contribution < 1.29 is 14.3 Å². The number of nitrogens with zero attached hydrogens (tertiary/aromatic N) is 3. The average molecular weight is 437 g/mol. The number of carbonyl (C=O) groups excluding carboxylic acids is 1. The summed E-state index contributed by atoms with van der Waals surface area (Å²) in [5, 5.41) is 10.2. The van der Waals surface area contributed by atoms with Crippen molar-refractivity contribution >= 4 is 34.0 Å². The van der Waals surface area contributed by atoms with Crippen LogP contribution in [0.25, 0.3) is 21.6 Å². The predicted molar refractivity (Wildman–Crippen MR) is 123 cm³/mol. The Hall–Kier alpha value is -3.39. The Labute approximate surface area is 184 Å². The minimum absolute atomic E-state index is 0.118. The lowest BCUT2D eigenvalue weighted by molar-refractivity contribution is 0.102. The molecule has 0 unspecified atom stereocenters. The average Bonchev–Trinajstić information content (AvgIpc) is 3.43. The molecule has 31 heavy (non-hydrogen) atoms. The van der Waals surface area contributed by atoms with Crippen LogP contribution < -0.4 is 14.8 Å². The summed E-state index contributed by atoms with van der Waals surface area (Å²) >= 11 is 1.58. The number of benzene rings is 1. The van der Waals surface area contributed by atoms with Gasteiger partial charge in [0.15, 0.2) is 17.1 Å². The maximum atomic E-state index is 13.4. The van der Waals surface area contributed by atoms with Crippen molar-refractivity contribution in [3.63, 3.8) is 0 Å². The zero-order valence-electron chi connectivity index (χ0n) is 18.1. The second-order valence-electron chi connectivity index (χ2n) is 7.43. The summed E-state index contributed by atoms with van der Waals surface area (Å²) < 4.78 is 12.6. The third-order valence-corrected chi connectivity index (χ3v) is 5.95. The van der Waals surface area contributed by atoms with Gasteiger partial charge in [0.1, 0.15) is 0 Å². The second kappa shape index (κ2) is 8.39. The van der Waals surface area contributed by atoms with Crippen LogP contribution in [-0.4, -0.2) is 34.9 Å². The molecule has 0 aliphatic carbocycles. The Kier molecular flexibility index (Phi) is 5.65. The summed E-state index contributed by atoms with van der Waals surface area (Å²) in [4.78, 5) is 19.2. The Bertz CT molecular complexity index is 1250. The number of aromatic nitrogens is 3. The molecule has 4 aromatic rings. The molecule has 7 nitrogen and oxygen atoms in total. The molecule has 3 heterocycles. The third kappa shape index (κ3) is 3.86. The van der Waals surface area contributed by atoms with Gasteiger partial charge in [0, 0.05) is 17.8 Å². The fraction of sp³-hybridized carbons (Fsp3) is 0.261. The van der Waals surface area contributed by atoms with E-state index in [-0.39, 0.29) is 11.9 Å². The second-order valence-corrected chi connectivity index (χ2v) is 8.38. The lowest BCUT2D eigenvalue weighted by atomic mass is 10.1. The molecule has 160 valence electrons. The Morgan fingerprint density at radius 2 is 1.90 bits per heavy atom. The van der Waals surface area contributed by atoms with Crippen molar-refractivity contribution in [1.29, 1.82) is 0 Å². The molecule has 1 amide bonds. The molecule has 1 N–H and O–H groups in total. The van der Waals surface area contributed by atoms with Crippen LogP contribution in [0, 0.1) is 6.92 Å². The van der Waals surface area contributed by atoms with E-state index in [0.717, 1.165) is 16.1 Å². The first-order valence-electron chi connectivity index (χ1n) is 9.89. The SMILES string of the molecule is COc1cc(C)c(NC(=O)c2cc(-c3cccs3)nc3c2cnn3C(C)C)cc1OC. The highest BCUT2D eigenvalue weighted by molar-refractivity contribution is 7.13. The van der Waals surface area contributed by atoms with Crippen LogP contribution in [0.1, 0.15) is 35.8 Å². The highest BCUT2D eigenvalue weighted by atomic mass is 32.1. The maximum Gasteiger partial charge on any atom is 0.256 e. The van der Waals surface area contributed by atoms with Crippen molar-refractivity contribution in [2.24, 2.45) is 0 Å². The monoisotopic (exact) mass is 436 g/mol. The molecule has 0 fully saturated rings. The lowest BCUT2D eigenvalue weighted by Crippen LogP contribution is -2.14. The Morgan fingerprint density at radius 1 is 1.16 bits per heavy atom. The number of hydrogen-bond donors (Lipinski definition) is 1. The lowest BCUT2D eigenvalue weighted by Gasteiger charge is -2.14. The summed E-state index contributed by atoms with van der Waals surface area (Å²) in [6.45, 7) is 5.99. The molecule has 4 rings (SSSR count). The van der Waals surface area contributed by atoms with E-state index in [1.54, 1.807) is 37.8 Å². The van der Waals surface area contributed by atoms with Crippen LogP contribution in [0.2, 0.25) is 0 Å². The first-order chi connectivity index (χ1) is 14.9. The molecule has 0 bridgehead atoms. The number of rotatable bonds is 6. The maximum absolute atomic E-state index is 13.4. The van der Waals surface area contributed by atoms with Gasteiger partial charge < -0.3 is 14.8 Å². The van der Waals surface area contributed by atoms with Crippen molar-refractivity contribution in [2.45, 2.75) is 26.8 Å². The van der Waals surface area contributed by atoms with Crippen molar-refractivity contribution in [3.8, 4) is 22.1 Å². The first-order valence-corrected chi connectivity index (χ1v) is 10.8. The fourth-order valence-corrected chi connectivity index (χ4v) is 4.13. The van der Waals surface area contributed by atoms with E-state index in [9.17, 15) is 4.79 Å². The molecule has 3 aromatic heterocycles. The van der Waals surface area contributed by atoms with Crippen molar-refractivity contribution in [2.75, 3.05) is 19.5 Å². The van der Waals surface area contributed by atoms with Crippen LogP contribution >= 0.6 is 11.3 Å². The van der Waals surface area contributed by atoms with Crippen LogP contribution in [0.15, 0.2) is 41.9 Å².